The van der Waals surface area contributed by atoms with E-state index >= 15 is 0 Å². The second kappa shape index (κ2) is 4.86. The third-order valence-electron chi connectivity index (χ3n) is 4.03. The van der Waals surface area contributed by atoms with Crippen LogP contribution in [-0.2, 0) is 0 Å². The first-order chi connectivity index (χ1) is 8.75. The Morgan fingerprint density at radius 2 is 2.06 bits per heavy atom. The highest BCUT2D eigenvalue weighted by Crippen LogP contribution is 2.34. The molecule has 2 aliphatic rings. The molecule has 0 radical (unpaired) electrons. The Morgan fingerprint density at radius 3 is 2.78 bits per heavy atom. The van der Waals surface area contributed by atoms with E-state index in [2.05, 4.69) is 28.6 Å². The Morgan fingerprint density at radius 1 is 1.28 bits per heavy atom. The van der Waals surface area contributed by atoms with Gasteiger partial charge in [0, 0.05) is 38.4 Å². The fourth-order valence-electron chi connectivity index (χ4n) is 2.87. The highest BCUT2D eigenvalue weighted by molar-refractivity contribution is 5.33. The van der Waals surface area contributed by atoms with E-state index in [4.69, 9.17) is 4.74 Å². The van der Waals surface area contributed by atoms with Crippen LogP contribution in [0.4, 0.5) is 0 Å². The average Bonchev–Trinajstić information content (AvgIpc) is 2.82. The summed E-state index contributed by atoms with van der Waals surface area (Å²) in [6, 6.07) is 4.97. The molecular weight excluding hydrogens is 226 g/mol. The zero-order valence-electron chi connectivity index (χ0n) is 11.2. The summed E-state index contributed by atoms with van der Waals surface area (Å²) in [6.07, 6.45) is 1.87. The Hall–Kier alpha value is -1.13. The molecule has 0 aliphatic carbocycles. The first kappa shape index (κ1) is 11.9. The van der Waals surface area contributed by atoms with Crippen LogP contribution in [0.3, 0.4) is 0 Å². The lowest BCUT2D eigenvalue weighted by Crippen LogP contribution is -2.50. The number of ether oxygens (including phenoxy) is 1. The van der Waals surface area contributed by atoms with Crippen LogP contribution in [0.1, 0.15) is 25.6 Å². The summed E-state index contributed by atoms with van der Waals surface area (Å²) in [5, 5.41) is 0. The maximum atomic E-state index is 5.72. The topological polar surface area (TPSA) is 28.6 Å². The van der Waals surface area contributed by atoms with Gasteiger partial charge in [-0.15, -0.1) is 0 Å². The first-order valence-corrected chi connectivity index (χ1v) is 6.81. The molecule has 1 aromatic rings. The third kappa shape index (κ3) is 2.10. The van der Waals surface area contributed by atoms with Crippen molar-refractivity contribution in [2.75, 3.05) is 32.8 Å². The summed E-state index contributed by atoms with van der Waals surface area (Å²) in [5.74, 6) is 0.966. The van der Waals surface area contributed by atoms with Crippen LogP contribution in [0.2, 0.25) is 0 Å². The summed E-state index contributed by atoms with van der Waals surface area (Å²) >= 11 is 0. The van der Waals surface area contributed by atoms with Gasteiger partial charge in [-0.05, 0) is 26.0 Å². The Bertz CT molecular complexity index is 413. The van der Waals surface area contributed by atoms with Gasteiger partial charge in [0.2, 0.25) is 0 Å². The van der Waals surface area contributed by atoms with Crippen molar-refractivity contribution in [1.82, 2.24) is 14.8 Å². The van der Waals surface area contributed by atoms with Crippen molar-refractivity contribution in [2.45, 2.75) is 25.9 Å². The largest absolute Gasteiger partial charge is 0.490 e. The van der Waals surface area contributed by atoms with E-state index in [-0.39, 0.29) is 0 Å². The molecule has 4 heteroatoms. The molecular formula is C14H21N3O. The van der Waals surface area contributed by atoms with Gasteiger partial charge in [-0.3, -0.25) is 14.8 Å². The lowest BCUT2D eigenvalue weighted by atomic mass is 10.1. The quantitative estimate of drug-likeness (QED) is 0.792. The van der Waals surface area contributed by atoms with Crippen LogP contribution < -0.4 is 4.74 Å². The van der Waals surface area contributed by atoms with Gasteiger partial charge in [0.15, 0.2) is 0 Å². The Labute approximate surface area is 109 Å². The maximum absolute atomic E-state index is 5.72. The van der Waals surface area contributed by atoms with Gasteiger partial charge in [-0.25, -0.2) is 0 Å². The van der Waals surface area contributed by atoms with Crippen molar-refractivity contribution >= 4 is 0 Å². The van der Waals surface area contributed by atoms with Crippen LogP contribution in [0.25, 0.3) is 0 Å². The predicted molar refractivity (Wildman–Crippen MR) is 70.8 cm³/mol. The summed E-state index contributed by atoms with van der Waals surface area (Å²) in [7, 11) is 0. The fourth-order valence-corrected chi connectivity index (χ4v) is 2.87. The van der Waals surface area contributed by atoms with Crippen LogP contribution in [0.15, 0.2) is 18.3 Å². The van der Waals surface area contributed by atoms with Gasteiger partial charge in [-0.1, -0.05) is 0 Å². The molecule has 3 rings (SSSR count). The second-order valence-corrected chi connectivity index (χ2v) is 5.38. The van der Waals surface area contributed by atoms with E-state index < -0.39 is 0 Å². The van der Waals surface area contributed by atoms with Gasteiger partial charge < -0.3 is 4.74 Å². The molecule has 0 N–H and O–H groups in total. The van der Waals surface area contributed by atoms with Crippen molar-refractivity contribution in [3.05, 3.63) is 24.0 Å². The molecule has 0 spiro atoms. The van der Waals surface area contributed by atoms with Gasteiger partial charge in [0.1, 0.15) is 18.1 Å². The van der Waals surface area contributed by atoms with Crippen molar-refractivity contribution in [1.29, 1.82) is 0 Å². The minimum absolute atomic E-state index is 0.357. The van der Waals surface area contributed by atoms with Gasteiger partial charge in [0.05, 0.1) is 6.04 Å². The van der Waals surface area contributed by atoms with Gasteiger partial charge in [-0.2, -0.15) is 0 Å². The molecule has 0 amide bonds. The van der Waals surface area contributed by atoms with E-state index in [0.717, 1.165) is 44.2 Å². The Kier molecular flexibility index (Phi) is 3.22. The van der Waals surface area contributed by atoms with Gasteiger partial charge in [0.25, 0.3) is 0 Å². The van der Waals surface area contributed by atoms with Crippen LogP contribution in [0, 0.1) is 0 Å². The molecule has 18 heavy (non-hydrogen) atoms. The second-order valence-electron chi connectivity index (χ2n) is 5.38. The summed E-state index contributed by atoms with van der Waals surface area (Å²) < 4.78 is 5.72. The van der Waals surface area contributed by atoms with E-state index in [1.165, 1.54) is 0 Å². The van der Waals surface area contributed by atoms with Crippen LogP contribution in [0.5, 0.6) is 5.75 Å². The minimum atomic E-state index is 0.357. The van der Waals surface area contributed by atoms with Crippen LogP contribution >= 0.6 is 0 Å². The Balaban J connectivity index is 1.68. The molecule has 0 bridgehead atoms. The predicted octanol–water partition coefficient (Wildman–Crippen LogP) is 1.54. The van der Waals surface area contributed by atoms with Gasteiger partial charge >= 0.3 is 0 Å². The smallest absolute Gasteiger partial charge is 0.142 e. The van der Waals surface area contributed by atoms with Crippen molar-refractivity contribution in [2.24, 2.45) is 0 Å². The lowest BCUT2D eigenvalue weighted by Gasteiger charge is -2.39. The lowest BCUT2D eigenvalue weighted by molar-refractivity contribution is 0.0684. The zero-order valence-corrected chi connectivity index (χ0v) is 11.2. The number of rotatable bonds is 2. The first-order valence-electron chi connectivity index (χ1n) is 6.81. The van der Waals surface area contributed by atoms with E-state index in [1.54, 1.807) is 0 Å². The monoisotopic (exact) mass is 247 g/mol. The number of hydrogen-bond donors (Lipinski definition) is 0. The summed E-state index contributed by atoms with van der Waals surface area (Å²) in [4.78, 5) is 9.53. The molecule has 4 nitrogen and oxygen atoms in total. The van der Waals surface area contributed by atoms with E-state index in [1.807, 2.05) is 18.3 Å². The number of aromatic nitrogens is 1. The third-order valence-corrected chi connectivity index (χ3v) is 4.03. The zero-order chi connectivity index (χ0) is 12.5. The molecule has 98 valence electrons. The average molecular weight is 247 g/mol. The van der Waals surface area contributed by atoms with E-state index in [9.17, 15) is 0 Å². The highest BCUT2D eigenvalue weighted by atomic mass is 16.5. The molecule has 0 aromatic carbocycles. The molecule has 1 fully saturated rings. The number of piperazine rings is 1. The molecule has 1 atom stereocenters. The van der Waals surface area contributed by atoms with Crippen molar-refractivity contribution in [3.63, 3.8) is 0 Å². The number of nitrogens with zero attached hydrogens (tertiary/aromatic N) is 3. The molecule has 1 unspecified atom stereocenters. The maximum Gasteiger partial charge on any atom is 0.142 e. The highest BCUT2D eigenvalue weighted by Gasteiger charge is 2.32. The van der Waals surface area contributed by atoms with Crippen molar-refractivity contribution in [3.8, 4) is 5.75 Å². The summed E-state index contributed by atoms with van der Waals surface area (Å²) in [5.41, 5.74) is 1.12. The molecule has 2 aliphatic heterocycles. The molecule has 3 heterocycles. The fraction of sp³-hybridized carbons (Fsp3) is 0.643. The number of hydrogen-bond acceptors (Lipinski definition) is 4. The summed E-state index contributed by atoms with van der Waals surface area (Å²) in [6.45, 7) is 9.82. The number of pyridine rings is 1. The van der Waals surface area contributed by atoms with E-state index in [0.29, 0.717) is 12.1 Å². The van der Waals surface area contributed by atoms with Crippen LogP contribution in [-0.4, -0.2) is 53.6 Å². The minimum Gasteiger partial charge on any atom is -0.490 e. The molecule has 1 saturated heterocycles. The number of fused-ring (bicyclic) bond motifs is 1. The van der Waals surface area contributed by atoms with Crippen molar-refractivity contribution < 1.29 is 4.74 Å². The molecule has 1 aromatic heterocycles. The molecule has 0 saturated carbocycles. The SMILES string of the molecule is CC(C)N1CCN(C2COc3cccnc32)CC1. The normalized spacial score (nSPS) is 25.2. The standard InChI is InChI=1S/C14H21N3O/c1-11(2)16-6-8-17(9-7-16)12-10-18-13-4-3-5-15-14(12)13/h3-5,11-12H,6-10H2,1-2H3.